The first-order valence-corrected chi connectivity index (χ1v) is 7.68. The van der Waals surface area contributed by atoms with Crippen LogP contribution >= 0.6 is 0 Å². The van der Waals surface area contributed by atoms with Gasteiger partial charge >= 0.3 is 0 Å². The van der Waals surface area contributed by atoms with E-state index in [1.165, 1.54) is 6.42 Å². The van der Waals surface area contributed by atoms with Crippen LogP contribution in [0.1, 0.15) is 57.3 Å². The quantitative estimate of drug-likeness (QED) is 0.751. The Labute approximate surface area is 123 Å². The summed E-state index contributed by atoms with van der Waals surface area (Å²) in [5.74, 6) is 0.742. The highest BCUT2D eigenvalue weighted by molar-refractivity contribution is 5.99. The Balaban J connectivity index is 2.53. The van der Waals surface area contributed by atoms with Crippen LogP contribution in [0.15, 0.2) is 24.3 Å². The van der Waals surface area contributed by atoms with Crippen molar-refractivity contribution >= 4 is 11.6 Å². The topological polar surface area (TPSA) is 41.1 Å². The summed E-state index contributed by atoms with van der Waals surface area (Å²) in [5, 5.41) is 6.32. The normalized spacial score (nSPS) is 12.2. The molecule has 0 fully saturated rings. The molecule has 3 heteroatoms. The Morgan fingerprint density at radius 2 is 1.85 bits per heavy atom. The van der Waals surface area contributed by atoms with Crippen molar-refractivity contribution < 1.29 is 4.79 Å². The van der Waals surface area contributed by atoms with Crippen molar-refractivity contribution in [2.24, 2.45) is 5.92 Å². The molecule has 112 valence electrons. The van der Waals surface area contributed by atoms with Gasteiger partial charge in [0, 0.05) is 18.3 Å². The van der Waals surface area contributed by atoms with Gasteiger partial charge in [-0.1, -0.05) is 38.8 Å². The molecule has 1 amide bonds. The molecule has 2 N–H and O–H groups in total. The van der Waals surface area contributed by atoms with Crippen LogP contribution in [0, 0.1) is 5.92 Å². The monoisotopic (exact) mass is 276 g/mol. The lowest BCUT2D eigenvalue weighted by Crippen LogP contribution is -2.33. The first-order chi connectivity index (χ1) is 9.54. The number of para-hydroxylation sites is 1. The van der Waals surface area contributed by atoms with Gasteiger partial charge in [0.15, 0.2) is 0 Å². The van der Waals surface area contributed by atoms with Crippen molar-refractivity contribution in [2.75, 3.05) is 11.9 Å². The number of carbonyl (C=O) groups is 1. The third-order valence-electron chi connectivity index (χ3n) is 3.34. The van der Waals surface area contributed by atoms with Gasteiger partial charge in [0.25, 0.3) is 5.91 Å². The fourth-order valence-electron chi connectivity index (χ4n) is 2.23. The molecule has 1 aromatic rings. The third kappa shape index (κ3) is 5.64. The number of nitrogens with one attached hydrogen (secondary N) is 2. The minimum absolute atomic E-state index is 0.0126. The molecular weight excluding hydrogens is 248 g/mol. The summed E-state index contributed by atoms with van der Waals surface area (Å²) in [6.07, 6.45) is 3.41. The zero-order valence-corrected chi connectivity index (χ0v) is 13.2. The van der Waals surface area contributed by atoms with Gasteiger partial charge in [-0.05, 0) is 38.3 Å². The van der Waals surface area contributed by atoms with E-state index in [0.717, 1.165) is 36.6 Å². The minimum Gasteiger partial charge on any atom is -0.385 e. The Hall–Kier alpha value is -1.51. The van der Waals surface area contributed by atoms with Crippen molar-refractivity contribution in [3.05, 3.63) is 29.8 Å². The Kier molecular flexibility index (Phi) is 7.13. The first kappa shape index (κ1) is 16.5. The zero-order valence-electron chi connectivity index (χ0n) is 13.2. The van der Waals surface area contributed by atoms with E-state index >= 15 is 0 Å². The number of hydrogen-bond acceptors (Lipinski definition) is 2. The molecule has 1 unspecified atom stereocenters. The van der Waals surface area contributed by atoms with Gasteiger partial charge in [0.05, 0.1) is 5.56 Å². The van der Waals surface area contributed by atoms with E-state index in [1.54, 1.807) is 0 Å². The molecule has 0 saturated carbocycles. The van der Waals surface area contributed by atoms with E-state index in [1.807, 2.05) is 31.2 Å². The summed E-state index contributed by atoms with van der Waals surface area (Å²) in [4.78, 5) is 12.3. The van der Waals surface area contributed by atoms with E-state index in [0.29, 0.717) is 0 Å². The number of rotatable bonds is 8. The summed E-state index contributed by atoms with van der Waals surface area (Å²) < 4.78 is 0. The molecule has 0 aliphatic heterocycles. The molecular formula is C17H28N2O. The van der Waals surface area contributed by atoms with E-state index in [-0.39, 0.29) is 11.9 Å². The molecule has 0 heterocycles. The predicted molar refractivity (Wildman–Crippen MR) is 86.2 cm³/mol. The van der Waals surface area contributed by atoms with Crippen molar-refractivity contribution in [2.45, 2.75) is 53.0 Å². The van der Waals surface area contributed by atoms with E-state index in [4.69, 9.17) is 0 Å². The number of amides is 1. The van der Waals surface area contributed by atoms with Crippen LogP contribution in [0.4, 0.5) is 5.69 Å². The van der Waals surface area contributed by atoms with Crippen molar-refractivity contribution in [1.29, 1.82) is 0 Å². The molecule has 1 atom stereocenters. The lowest BCUT2D eigenvalue weighted by molar-refractivity contribution is 0.0938. The van der Waals surface area contributed by atoms with E-state index in [9.17, 15) is 4.79 Å². The van der Waals surface area contributed by atoms with Gasteiger partial charge in [0.2, 0.25) is 0 Å². The Bertz CT molecular complexity index is 415. The molecule has 1 aromatic carbocycles. The maximum Gasteiger partial charge on any atom is 0.253 e. The first-order valence-electron chi connectivity index (χ1n) is 7.68. The number of benzene rings is 1. The highest BCUT2D eigenvalue weighted by Crippen LogP contribution is 2.15. The number of carbonyl (C=O) groups excluding carboxylic acids is 1. The Morgan fingerprint density at radius 1 is 1.15 bits per heavy atom. The second kappa shape index (κ2) is 8.62. The zero-order chi connectivity index (χ0) is 15.0. The predicted octanol–water partition coefficient (Wildman–Crippen LogP) is 4.06. The van der Waals surface area contributed by atoms with Crippen LogP contribution in [0.3, 0.4) is 0 Å². The average Bonchev–Trinajstić information content (AvgIpc) is 2.39. The van der Waals surface area contributed by atoms with Crippen molar-refractivity contribution in [3.8, 4) is 0 Å². The molecule has 0 aliphatic rings. The van der Waals surface area contributed by atoms with Crippen LogP contribution in [0.5, 0.6) is 0 Å². The third-order valence-corrected chi connectivity index (χ3v) is 3.34. The van der Waals surface area contributed by atoms with Crippen LogP contribution in [0.25, 0.3) is 0 Å². The largest absolute Gasteiger partial charge is 0.385 e. The molecule has 20 heavy (non-hydrogen) atoms. The lowest BCUT2D eigenvalue weighted by atomic mass is 10.0. The van der Waals surface area contributed by atoms with Crippen LogP contribution in [0.2, 0.25) is 0 Å². The van der Waals surface area contributed by atoms with E-state index < -0.39 is 0 Å². The molecule has 0 saturated heterocycles. The van der Waals surface area contributed by atoms with Crippen LogP contribution in [-0.2, 0) is 0 Å². The van der Waals surface area contributed by atoms with Gasteiger partial charge in [-0.3, -0.25) is 4.79 Å². The SMILES string of the molecule is CCNc1ccccc1C(=O)NC(C)CCCC(C)C. The van der Waals surface area contributed by atoms with Gasteiger partial charge in [0.1, 0.15) is 0 Å². The fraction of sp³-hybridized carbons (Fsp3) is 0.588. The summed E-state index contributed by atoms with van der Waals surface area (Å²) in [6, 6.07) is 7.88. The fourth-order valence-corrected chi connectivity index (χ4v) is 2.23. The molecule has 1 rings (SSSR count). The van der Waals surface area contributed by atoms with Crippen LogP contribution < -0.4 is 10.6 Å². The van der Waals surface area contributed by atoms with Crippen LogP contribution in [-0.4, -0.2) is 18.5 Å². The number of hydrogen-bond donors (Lipinski definition) is 2. The van der Waals surface area contributed by atoms with E-state index in [2.05, 4.69) is 31.4 Å². The lowest BCUT2D eigenvalue weighted by Gasteiger charge is -2.16. The standard InChI is InChI=1S/C17H28N2O/c1-5-18-16-12-7-6-11-15(16)17(20)19-14(4)10-8-9-13(2)3/h6-7,11-14,18H,5,8-10H2,1-4H3,(H,19,20). The van der Waals surface area contributed by atoms with Crippen molar-refractivity contribution in [1.82, 2.24) is 5.32 Å². The Morgan fingerprint density at radius 3 is 2.50 bits per heavy atom. The molecule has 0 aromatic heterocycles. The second-order valence-corrected chi connectivity index (χ2v) is 5.78. The summed E-state index contributed by atoms with van der Waals surface area (Å²) in [6.45, 7) is 9.39. The molecule has 0 spiro atoms. The van der Waals surface area contributed by atoms with Gasteiger partial charge in [-0.2, -0.15) is 0 Å². The average molecular weight is 276 g/mol. The van der Waals surface area contributed by atoms with Crippen molar-refractivity contribution in [3.63, 3.8) is 0 Å². The van der Waals surface area contributed by atoms with Gasteiger partial charge in [-0.25, -0.2) is 0 Å². The molecule has 0 aliphatic carbocycles. The molecule has 0 bridgehead atoms. The minimum atomic E-state index is 0.0126. The maximum atomic E-state index is 12.3. The summed E-state index contributed by atoms with van der Waals surface area (Å²) in [5.41, 5.74) is 1.63. The smallest absolute Gasteiger partial charge is 0.253 e. The summed E-state index contributed by atoms with van der Waals surface area (Å²) >= 11 is 0. The number of anilines is 1. The second-order valence-electron chi connectivity index (χ2n) is 5.78. The summed E-state index contributed by atoms with van der Waals surface area (Å²) in [7, 11) is 0. The highest BCUT2D eigenvalue weighted by Gasteiger charge is 2.13. The molecule has 0 radical (unpaired) electrons. The van der Waals surface area contributed by atoms with Gasteiger partial charge < -0.3 is 10.6 Å². The molecule has 3 nitrogen and oxygen atoms in total. The maximum absolute atomic E-state index is 12.3. The van der Waals surface area contributed by atoms with Gasteiger partial charge in [-0.15, -0.1) is 0 Å². The highest BCUT2D eigenvalue weighted by atomic mass is 16.1.